The van der Waals surface area contributed by atoms with Crippen molar-refractivity contribution in [1.29, 1.82) is 0 Å². The molecule has 1 aromatic rings. The number of allylic oxidation sites excluding steroid dienone is 1. The summed E-state index contributed by atoms with van der Waals surface area (Å²) in [5.74, 6) is -0.735. The van der Waals surface area contributed by atoms with Gasteiger partial charge in [0.1, 0.15) is 6.04 Å². The fraction of sp³-hybridized carbons (Fsp3) is 0.524. The monoisotopic (exact) mass is 344 g/mol. The molecule has 0 bridgehead atoms. The third-order valence-corrected chi connectivity index (χ3v) is 4.31. The second kappa shape index (κ2) is 10.0. The van der Waals surface area contributed by atoms with Gasteiger partial charge in [-0.25, -0.2) is 0 Å². The molecule has 0 aliphatic heterocycles. The maximum absolute atomic E-state index is 12.4. The van der Waals surface area contributed by atoms with Crippen molar-refractivity contribution in [3.63, 3.8) is 0 Å². The minimum atomic E-state index is -0.616. The van der Waals surface area contributed by atoms with Crippen molar-refractivity contribution in [2.75, 3.05) is 0 Å². The summed E-state index contributed by atoms with van der Waals surface area (Å²) < 4.78 is 0. The Morgan fingerprint density at radius 3 is 2.24 bits per heavy atom. The SMILES string of the molecule is C=CCCCCCC[C@@H](NC(=O)c1ccc(C(C)(C)C)cc1)C(N)=O. The van der Waals surface area contributed by atoms with E-state index in [9.17, 15) is 9.59 Å². The summed E-state index contributed by atoms with van der Waals surface area (Å²) in [5, 5.41) is 2.76. The summed E-state index contributed by atoms with van der Waals surface area (Å²) in [6.45, 7) is 10.1. The number of nitrogens with two attached hydrogens (primary N) is 1. The summed E-state index contributed by atoms with van der Waals surface area (Å²) >= 11 is 0. The van der Waals surface area contributed by atoms with E-state index in [2.05, 4.69) is 32.7 Å². The Bertz CT molecular complexity index is 571. The number of benzene rings is 1. The van der Waals surface area contributed by atoms with Gasteiger partial charge in [0, 0.05) is 5.56 Å². The standard InChI is InChI=1S/C21H32N2O2/c1-5-6-7-8-9-10-11-18(19(22)24)23-20(25)16-12-14-17(15-13-16)21(2,3)4/h5,12-15,18H,1,6-11H2,2-4H3,(H2,22,24)(H,23,25)/t18-/m1/s1. The molecule has 1 aromatic carbocycles. The van der Waals surface area contributed by atoms with Crippen LogP contribution in [0.2, 0.25) is 0 Å². The van der Waals surface area contributed by atoms with Gasteiger partial charge in [-0.2, -0.15) is 0 Å². The van der Waals surface area contributed by atoms with Crippen LogP contribution in [0.25, 0.3) is 0 Å². The van der Waals surface area contributed by atoms with Crippen LogP contribution in [0, 0.1) is 0 Å². The molecule has 2 amide bonds. The Kier molecular flexibility index (Phi) is 8.39. The molecular weight excluding hydrogens is 312 g/mol. The van der Waals surface area contributed by atoms with Crippen LogP contribution in [-0.4, -0.2) is 17.9 Å². The summed E-state index contributed by atoms with van der Waals surface area (Å²) in [5.41, 5.74) is 7.19. The van der Waals surface area contributed by atoms with Crippen LogP contribution in [0.3, 0.4) is 0 Å². The predicted molar refractivity (Wildman–Crippen MR) is 103 cm³/mol. The normalized spacial score (nSPS) is 12.4. The average molecular weight is 344 g/mol. The molecule has 138 valence electrons. The summed E-state index contributed by atoms with van der Waals surface area (Å²) in [6, 6.07) is 6.88. The maximum Gasteiger partial charge on any atom is 0.251 e. The van der Waals surface area contributed by atoms with E-state index in [0.29, 0.717) is 12.0 Å². The van der Waals surface area contributed by atoms with Crippen LogP contribution < -0.4 is 11.1 Å². The number of hydrogen-bond acceptors (Lipinski definition) is 2. The van der Waals surface area contributed by atoms with Crippen molar-refractivity contribution in [2.24, 2.45) is 5.73 Å². The maximum atomic E-state index is 12.4. The topological polar surface area (TPSA) is 72.2 Å². The average Bonchev–Trinajstić information content (AvgIpc) is 2.55. The molecule has 0 saturated carbocycles. The smallest absolute Gasteiger partial charge is 0.251 e. The molecule has 0 saturated heterocycles. The number of hydrogen-bond donors (Lipinski definition) is 2. The summed E-state index contributed by atoms with van der Waals surface area (Å²) in [7, 11) is 0. The molecule has 3 N–H and O–H groups in total. The lowest BCUT2D eigenvalue weighted by Crippen LogP contribution is -2.44. The van der Waals surface area contributed by atoms with Gasteiger partial charge in [-0.05, 0) is 42.4 Å². The molecule has 0 aromatic heterocycles. The minimum absolute atomic E-state index is 0.0381. The molecule has 0 aliphatic rings. The van der Waals surface area contributed by atoms with E-state index < -0.39 is 11.9 Å². The fourth-order valence-corrected chi connectivity index (χ4v) is 2.64. The Morgan fingerprint density at radius 2 is 1.72 bits per heavy atom. The molecule has 4 heteroatoms. The number of carbonyl (C=O) groups is 2. The lowest BCUT2D eigenvalue weighted by Gasteiger charge is -2.19. The largest absolute Gasteiger partial charge is 0.368 e. The number of primary amides is 1. The van der Waals surface area contributed by atoms with Gasteiger partial charge in [0.15, 0.2) is 0 Å². The summed E-state index contributed by atoms with van der Waals surface area (Å²) in [6.07, 6.45) is 7.60. The Balaban J connectivity index is 2.55. The molecule has 0 fully saturated rings. The van der Waals surface area contributed by atoms with Crippen LogP contribution >= 0.6 is 0 Å². The second-order valence-electron chi connectivity index (χ2n) is 7.54. The number of unbranched alkanes of at least 4 members (excludes halogenated alkanes) is 4. The molecule has 0 radical (unpaired) electrons. The van der Waals surface area contributed by atoms with Crippen LogP contribution in [0.4, 0.5) is 0 Å². The number of nitrogens with one attached hydrogen (secondary N) is 1. The van der Waals surface area contributed by atoms with E-state index in [-0.39, 0.29) is 11.3 Å². The van der Waals surface area contributed by atoms with Crippen molar-refractivity contribution in [2.45, 2.75) is 70.8 Å². The van der Waals surface area contributed by atoms with Gasteiger partial charge in [-0.1, -0.05) is 58.2 Å². The number of carbonyl (C=O) groups excluding carboxylic acids is 2. The van der Waals surface area contributed by atoms with E-state index in [1.807, 2.05) is 18.2 Å². The zero-order valence-corrected chi connectivity index (χ0v) is 15.8. The highest BCUT2D eigenvalue weighted by molar-refractivity contribution is 5.97. The first-order chi connectivity index (χ1) is 11.8. The highest BCUT2D eigenvalue weighted by Crippen LogP contribution is 2.22. The molecule has 0 spiro atoms. The van der Waals surface area contributed by atoms with Crippen molar-refractivity contribution in [3.8, 4) is 0 Å². The lowest BCUT2D eigenvalue weighted by molar-refractivity contribution is -0.120. The van der Waals surface area contributed by atoms with Crippen molar-refractivity contribution in [3.05, 3.63) is 48.0 Å². The van der Waals surface area contributed by atoms with Crippen molar-refractivity contribution >= 4 is 11.8 Å². The van der Waals surface area contributed by atoms with Crippen LogP contribution in [0.5, 0.6) is 0 Å². The zero-order chi connectivity index (χ0) is 18.9. The van der Waals surface area contributed by atoms with Crippen molar-refractivity contribution in [1.82, 2.24) is 5.32 Å². The number of rotatable bonds is 10. The lowest BCUT2D eigenvalue weighted by atomic mass is 9.86. The molecule has 0 unspecified atom stereocenters. The number of amides is 2. The summed E-state index contributed by atoms with van der Waals surface area (Å²) in [4.78, 5) is 24.0. The van der Waals surface area contributed by atoms with Gasteiger partial charge in [-0.3, -0.25) is 9.59 Å². The Morgan fingerprint density at radius 1 is 1.12 bits per heavy atom. The molecule has 4 nitrogen and oxygen atoms in total. The predicted octanol–water partition coefficient (Wildman–Crippen LogP) is 4.09. The molecular formula is C21H32N2O2. The Labute approximate surface area is 151 Å². The second-order valence-corrected chi connectivity index (χ2v) is 7.54. The first-order valence-corrected chi connectivity index (χ1v) is 9.07. The fourth-order valence-electron chi connectivity index (χ4n) is 2.64. The first kappa shape index (κ1) is 20.9. The van der Waals surface area contributed by atoms with Gasteiger partial charge in [0.05, 0.1) is 0 Å². The van der Waals surface area contributed by atoms with E-state index >= 15 is 0 Å². The van der Waals surface area contributed by atoms with Gasteiger partial charge in [0.2, 0.25) is 5.91 Å². The molecule has 1 rings (SSSR count). The molecule has 0 heterocycles. The molecule has 0 aliphatic carbocycles. The Hall–Kier alpha value is -2.10. The third kappa shape index (κ3) is 7.55. The van der Waals surface area contributed by atoms with Gasteiger partial charge in [-0.15, -0.1) is 6.58 Å². The molecule has 1 atom stereocenters. The highest BCUT2D eigenvalue weighted by atomic mass is 16.2. The third-order valence-electron chi connectivity index (χ3n) is 4.31. The van der Waals surface area contributed by atoms with Crippen LogP contribution in [-0.2, 0) is 10.2 Å². The van der Waals surface area contributed by atoms with E-state index in [1.54, 1.807) is 12.1 Å². The highest BCUT2D eigenvalue weighted by Gasteiger charge is 2.19. The van der Waals surface area contributed by atoms with E-state index in [1.165, 1.54) is 0 Å². The first-order valence-electron chi connectivity index (χ1n) is 9.07. The van der Waals surface area contributed by atoms with Crippen LogP contribution in [0.1, 0.15) is 75.2 Å². The zero-order valence-electron chi connectivity index (χ0n) is 15.8. The van der Waals surface area contributed by atoms with Gasteiger partial charge >= 0.3 is 0 Å². The van der Waals surface area contributed by atoms with Crippen molar-refractivity contribution < 1.29 is 9.59 Å². The molecule has 25 heavy (non-hydrogen) atoms. The minimum Gasteiger partial charge on any atom is -0.368 e. The quantitative estimate of drug-likeness (QED) is 0.495. The van der Waals surface area contributed by atoms with E-state index in [0.717, 1.165) is 37.7 Å². The van der Waals surface area contributed by atoms with Crippen LogP contribution in [0.15, 0.2) is 36.9 Å². The van der Waals surface area contributed by atoms with Gasteiger partial charge < -0.3 is 11.1 Å². The van der Waals surface area contributed by atoms with E-state index in [4.69, 9.17) is 5.73 Å². The van der Waals surface area contributed by atoms with Gasteiger partial charge in [0.25, 0.3) is 5.91 Å².